The van der Waals surface area contributed by atoms with Crippen molar-refractivity contribution in [1.82, 2.24) is 24.7 Å². The molecule has 0 aliphatic carbocycles. The number of nitrogens with zero attached hydrogens (tertiary/aromatic N) is 5. The van der Waals surface area contributed by atoms with Crippen LogP contribution in [0, 0.1) is 0 Å². The van der Waals surface area contributed by atoms with Crippen molar-refractivity contribution < 1.29 is 13.2 Å². The van der Waals surface area contributed by atoms with Gasteiger partial charge in [0, 0.05) is 52.7 Å². The SMILES string of the molecule is CN=C(NCc1nccn1C)N1CCN(C(C)C(F)(F)F)CC1. The van der Waals surface area contributed by atoms with Crippen LogP contribution in [-0.2, 0) is 13.6 Å². The van der Waals surface area contributed by atoms with E-state index in [9.17, 15) is 13.2 Å². The van der Waals surface area contributed by atoms with Crippen LogP contribution >= 0.6 is 0 Å². The van der Waals surface area contributed by atoms with Gasteiger partial charge in [-0.25, -0.2) is 4.98 Å². The molecule has 1 fully saturated rings. The van der Waals surface area contributed by atoms with Gasteiger partial charge in [-0.3, -0.25) is 9.89 Å². The Balaban J connectivity index is 1.86. The lowest BCUT2D eigenvalue weighted by Gasteiger charge is -2.39. The molecular formula is C14H23F3N6. The fourth-order valence-corrected chi connectivity index (χ4v) is 2.59. The summed E-state index contributed by atoms with van der Waals surface area (Å²) >= 11 is 0. The molecular weight excluding hydrogens is 309 g/mol. The van der Waals surface area contributed by atoms with Crippen molar-refractivity contribution in [3.63, 3.8) is 0 Å². The number of rotatable bonds is 3. The van der Waals surface area contributed by atoms with Crippen molar-refractivity contribution in [2.75, 3.05) is 33.2 Å². The number of hydrogen-bond donors (Lipinski definition) is 1. The van der Waals surface area contributed by atoms with Crippen molar-refractivity contribution in [3.05, 3.63) is 18.2 Å². The van der Waals surface area contributed by atoms with Crippen LogP contribution in [-0.4, -0.2) is 70.8 Å². The summed E-state index contributed by atoms with van der Waals surface area (Å²) in [6.07, 6.45) is -0.603. The summed E-state index contributed by atoms with van der Waals surface area (Å²) in [6.45, 7) is 3.49. The molecule has 1 aromatic heterocycles. The summed E-state index contributed by atoms with van der Waals surface area (Å²) in [7, 11) is 3.58. The highest BCUT2D eigenvalue weighted by atomic mass is 19.4. The molecule has 9 heteroatoms. The predicted molar refractivity (Wildman–Crippen MR) is 82.1 cm³/mol. The minimum absolute atomic E-state index is 0.365. The van der Waals surface area contributed by atoms with E-state index < -0.39 is 12.2 Å². The van der Waals surface area contributed by atoms with Crippen LogP contribution in [0.5, 0.6) is 0 Å². The Kier molecular flexibility index (Phi) is 5.51. The maximum atomic E-state index is 12.8. The first kappa shape index (κ1) is 17.6. The number of halogens is 3. The molecule has 1 saturated heterocycles. The Morgan fingerprint density at radius 2 is 2.00 bits per heavy atom. The van der Waals surface area contributed by atoms with Gasteiger partial charge in [-0.15, -0.1) is 0 Å². The minimum atomic E-state index is -4.18. The first-order chi connectivity index (χ1) is 10.8. The molecule has 2 heterocycles. The van der Waals surface area contributed by atoms with E-state index in [1.807, 2.05) is 22.7 Å². The van der Waals surface area contributed by atoms with Gasteiger partial charge in [-0.1, -0.05) is 0 Å². The van der Waals surface area contributed by atoms with Crippen molar-refractivity contribution in [3.8, 4) is 0 Å². The maximum absolute atomic E-state index is 12.8. The second-order valence-electron chi connectivity index (χ2n) is 5.60. The Bertz CT molecular complexity index is 531. The first-order valence-corrected chi connectivity index (χ1v) is 7.55. The van der Waals surface area contributed by atoms with Gasteiger partial charge in [0.25, 0.3) is 0 Å². The second kappa shape index (κ2) is 7.20. The molecule has 1 aliphatic rings. The zero-order valence-electron chi connectivity index (χ0n) is 13.6. The molecule has 130 valence electrons. The molecule has 1 aromatic rings. The number of piperazine rings is 1. The fourth-order valence-electron chi connectivity index (χ4n) is 2.59. The quantitative estimate of drug-likeness (QED) is 0.664. The summed E-state index contributed by atoms with van der Waals surface area (Å²) < 4.78 is 40.2. The number of imidazole rings is 1. The highest BCUT2D eigenvalue weighted by molar-refractivity contribution is 5.79. The number of guanidine groups is 1. The number of aliphatic imine (C=N–C) groups is 1. The Morgan fingerprint density at radius 3 is 2.48 bits per heavy atom. The zero-order chi connectivity index (χ0) is 17.0. The van der Waals surface area contributed by atoms with E-state index in [-0.39, 0.29) is 0 Å². The van der Waals surface area contributed by atoms with E-state index in [0.29, 0.717) is 38.7 Å². The van der Waals surface area contributed by atoms with Crippen LogP contribution in [0.2, 0.25) is 0 Å². The minimum Gasteiger partial charge on any atom is -0.349 e. The summed E-state index contributed by atoms with van der Waals surface area (Å²) in [6, 6.07) is -1.41. The lowest BCUT2D eigenvalue weighted by molar-refractivity contribution is -0.181. The lowest BCUT2D eigenvalue weighted by Crippen LogP contribution is -2.56. The topological polar surface area (TPSA) is 48.7 Å². The standard InChI is InChI=1S/C14H23F3N6/c1-11(14(15,16)17)22-6-8-23(9-7-22)13(18-2)20-10-12-19-4-5-21(12)3/h4-5,11H,6-10H2,1-3H3,(H,18,20). The number of alkyl halides is 3. The number of nitrogens with one attached hydrogen (secondary N) is 1. The van der Waals surface area contributed by atoms with Crippen LogP contribution in [0.15, 0.2) is 17.4 Å². The van der Waals surface area contributed by atoms with E-state index in [2.05, 4.69) is 15.3 Å². The first-order valence-electron chi connectivity index (χ1n) is 7.55. The molecule has 23 heavy (non-hydrogen) atoms. The van der Waals surface area contributed by atoms with Crippen molar-refractivity contribution in [1.29, 1.82) is 0 Å². The number of aryl methyl sites for hydroxylation is 1. The van der Waals surface area contributed by atoms with Crippen LogP contribution < -0.4 is 5.32 Å². The van der Waals surface area contributed by atoms with Crippen LogP contribution in [0.3, 0.4) is 0 Å². The maximum Gasteiger partial charge on any atom is 0.403 e. The highest BCUT2D eigenvalue weighted by Gasteiger charge is 2.41. The van der Waals surface area contributed by atoms with Crippen LogP contribution in [0.4, 0.5) is 13.2 Å². The van der Waals surface area contributed by atoms with Crippen LogP contribution in [0.25, 0.3) is 0 Å². The van der Waals surface area contributed by atoms with Gasteiger partial charge >= 0.3 is 6.18 Å². The van der Waals surface area contributed by atoms with Gasteiger partial charge in [0.2, 0.25) is 0 Å². The molecule has 1 N–H and O–H groups in total. The van der Waals surface area contributed by atoms with Gasteiger partial charge in [-0.05, 0) is 6.92 Å². The number of hydrogen-bond acceptors (Lipinski definition) is 3. The molecule has 0 saturated carbocycles. The van der Waals surface area contributed by atoms with Gasteiger partial charge in [-0.2, -0.15) is 13.2 Å². The molecule has 6 nitrogen and oxygen atoms in total. The van der Waals surface area contributed by atoms with E-state index in [0.717, 1.165) is 5.82 Å². The third-order valence-corrected chi connectivity index (χ3v) is 4.17. The fraction of sp³-hybridized carbons (Fsp3) is 0.714. The Morgan fingerprint density at radius 1 is 1.35 bits per heavy atom. The molecule has 1 unspecified atom stereocenters. The summed E-state index contributed by atoms with van der Waals surface area (Å²) in [4.78, 5) is 11.9. The zero-order valence-corrected chi connectivity index (χ0v) is 13.6. The Hall–Kier alpha value is -1.77. The monoisotopic (exact) mass is 332 g/mol. The summed E-state index contributed by atoms with van der Waals surface area (Å²) in [5, 5.41) is 3.21. The predicted octanol–water partition coefficient (Wildman–Crippen LogP) is 1.06. The average Bonchev–Trinajstić information content (AvgIpc) is 2.92. The van der Waals surface area contributed by atoms with E-state index in [1.165, 1.54) is 11.8 Å². The third kappa shape index (κ3) is 4.37. The van der Waals surface area contributed by atoms with Crippen molar-refractivity contribution in [2.24, 2.45) is 12.0 Å². The normalized spacial score (nSPS) is 19.0. The summed E-state index contributed by atoms with van der Waals surface area (Å²) in [5.74, 6) is 1.56. The average molecular weight is 332 g/mol. The molecule has 0 spiro atoms. The van der Waals surface area contributed by atoms with Gasteiger partial charge in [0.15, 0.2) is 5.96 Å². The van der Waals surface area contributed by atoms with Crippen molar-refractivity contribution >= 4 is 5.96 Å². The molecule has 2 rings (SSSR count). The van der Waals surface area contributed by atoms with Gasteiger partial charge in [0.05, 0.1) is 6.54 Å². The second-order valence-corrected chi connectivity index (χ2v) is 5.60. The Labute approximate surface area is 134 Å². The number of aromatic nitrogens is 2. The third-order valence-electron chi connectivity index (χ3n) is 4.17. The molecule has 0 radical (unpaired) electrons. The van der Waals surface area contributed by atoms with E-state index in [1.54, 1.807) is 13.2 Å². The molecule has 0 amide bonds. The van der Waals surface area contributed by atoms with Crippen molar-refractivity contribution in [2.45, 2.75) is 25.7 Å². The van der Waals surface area contributed by atoms with E-state index >= 15 is 0 Å². The largest absolute Gasteiger partial charge is 0.403 e. The van der Waals surface area contributed by atoms with Gasteiger partial charge in [0.1, 0.15) is 11.9 Å². The van der Waals surface area contributed by atoms with E-state index in [4.69, 9.17) is 0 Å². The molecule has 1 aliphatic heterocycles. The lowest BCUT2D eigenvalue weighted by atomic mass is 10.2. The van der Waals surface area contributed by atoms with Crippen LogP contribution in [0.1, 0.15) is 12.7 Å². The highest BCUT2D eigenvalue weighted by Crippen LogP contribution is 2.25. The summed E-state index contributed by atoms with van der Waals surface area (Å²) in [5.41, 5.74) is 0. The molecule has 0 aromatic carbocycles. The molecule has 0 bridgehead atoms. The van der Waals surface area contributed by atoms with Gasteiger partial charge < -0.3 is 14.8 Å². The molecule has 1 atom stereocenters. The smallest absolute Gasteiger partial charge is 0.349 e.